The van der Waals surface area contributed by atoms with E-state index in [0.717, 1.165) is 70.2 Å². The fraction of sp³-hybridized carbons (Fsp3) is 0.739. The molecule has 1 aromatic rings. The molecule has 166 valence electrons. The summed E-state index contributed by atoms with van der Waals surface area (Å²) in [6, 6.07) is 8.48. The van der Waals surface area contributed by atoms with E-state index in [-0.39, 0.29) is 23.4 Å². The lowest BCUT2D eigenvalue weighted by Crippen LogP contribution is -2.58. The van der Waals surface area contributed by atoms with Gasteiger partial charge in [-0.05, 0) is 75.5 Å². The van der Waals surface area contributed by atoms with E-state index in [9.17, 15) is 8.42 Å². The fourth-order valence-electron chi connectivity index (χ4n) is 5.45. The predicted octanol–water partition coefficient (Wildman–Crippen LogP) is 3.04. The fourth-order valence-corrected chi connectivity index (χ4v) is 7.09. The number of hydrogen-bond donors (Lipinski definition) is 1. The van der Waals surface area contributed by atoms with Crippen LogP contribution in [0.4, 0.5) is 0 Å². The van der Waals surface area contributed by atoms with Crippen molar-refractivity contribution in [2.75, 3.05) is 26.3 Å². The number of fused-ring (bicyclic) bond motifs is 5. The first-order chi connectivity index (χ1) is 14.6. The van der Waals surface area contributed by atoms with Gasteiger partial charge in [0.05, 0.1) is 18.0 Å². The molecule has 1 N–H and O–H groups in total. The molecule has 0 amide bonds. The van der Waals surface area contributed by atoms with E-state index in [1.807, 2.05) is 0 Å². The summed E-state index contributed by atoms with van der Waals surface area (Å²) < 4.78 is 41.0. The minimum Gasteiger partial charge on any atom is -0.492 e. The van der Waals surface area contributed by atoms with E-state index < -0.39 is 10.0 Å². The Morgan fingerprint density at radius 2 is 1.77 bits per heavy atom. The van der Waals surface area contributed by atoms with Crippen LogP contribution in [0.25, 0.3) is 0 Å². The minimum atomic E-state index is -3.21. The summed E-state index contributed by atoms with van der Waals surface area (Å²) in [5.41, 5.74) is 1.33. The molecule has 1 unspecified atom stereocenters. The molecule has 6 rings (SSSR count). The van der Waals surface area contributed by atoms with Gasteiger partial charge in [0, 0.05) is 18.6 Å². The number of sulfonamides is 1. The average molecular weight is 435 g/mol. The van der Waals surface area contributed by atoms with Crippen LogP contribution in [0, 0.1) is 0 Å². The topological polar surface area (TPSA) is 67.9 Å². The number of ether oxygens (including phenoxy) is 2. The Hall–Kier alpha value is -1.15. The second-order valence-electron chi connectivity index (χ2n) is 9.41. The van der Waals surface area contributed by atoms with Crippen molar-refractivity contribution in [1.82, 2.24) is 9.62 Å². The smallest absolute Gasteiger partial charge is 0.214 e. The van der Waals surface area contributed by atoms with Crippen molar-refractivity contribution in [1.29, 1.82) is 0 Å². The zero-order valence-electron chi connectivity index (χ0n) is 17.7. The molecule has 0 spiro atoms. The maximum atomic E-state index is 12.6. The average Bonchev–Trinajstić information content (AvgIpc) is 3.59. The van der Waals surface area contributed by atoms with Gasteiger partial charge in [-0.15, -0.1) is 0 Å². The lowest BCUT2D eigenvalue weighted by molar-refractivity contribution is -0.0284. The maximum absolute atomic E-state index is 12.6. The van der Waals surface area contributed by atoms with Crippen LogP contribution in [0.1, 0.15) is 62.8 Å². The summed E-state index contributed by atoms with van der Waals surface area (Å²) in [5, 5.41) is -0.182. The van der Waals surface area contributed by atoms with Crippen LogP contribution < -0.4 is 9.46 Å². The van der Waals surface area contributed by atoms with Gasteiger partial charge in [0.25, 0.3) is 0 Å². The van der Waals surface area contributed by atoms with Crippen molar-refractivity contribution < 1.29 is 17.9 Å². The number of hydrogen-bond acceptors (Lipinski definition) is 5. The van der Waals surface area contributed by atoms with Gasteiger partial charge >= 0.3 is 0 Å². The van der Waals surface area contributed by atoms with E-state index in [1.165, 1.54) is 5.56 Å². The number of rotatable bonds is 3. The third-order valence-corrected chi connectivity index (χ3v) is 9.32. The number of piperidine rings is 1. The highest BCUT2D eigenvalue weighted by molar-refractivity contribution is 7.90. The van der Waals surface area contributed by atoms with Crippen molar-refractivity contribution >= 4 is 10.0 Å². The molecule has 0 radical (unpaired) electrons. The highest BCUT2D eigenvalue weighted by atomic mass is 32.2. The predicted molar refractivity (Wildman–Crippen MR) is 116 cm³/mol. The number of nitrogens with zero attached hydrogens (tertiary/aromatic N) is 1. The van der Waals surface area contributed by atoms with Gasteiger partial charge in [-0.25, -0.2) is 13.1 Å². The molecule has 6 nitrogen and oxygen atoms in total. The standard InChI is InChI=1S/C23H34N2O4S/c26-30(27,19-11-12-19)24-21-5-3-13-25-14-15-28-23-6-2-1-4-20(23)17-7-9-18(10-8-17)29-16-22(21)25/h1-2,4,6,17-19,21-22,24H,3,5,7-16H2/t17?,18?,21-,22?/m0/s1. The van der Waals surface area contributed by atoms with Crippen LogP contribution in [-0.2, 0) is 14.8 Å². The van der Waals surface area contributed by atoms with Crippen molar-refractivity contribution in [3.05, 3.63) is 29.8 Å². The lowest BCUT2D eigenvalue weighted by atomic mass is 9.82. The van der Waals surface area contributed by atoms with E-state index in [4.69, 9.17) is 9.47 Å². The first-order valence-corrected chi connectivity index (χ1v) is 13.2. The Morgan fingerprint density at radius 3 is 2.57 bits per heavy atom. The van der Waals surface area contributed by atoms with E-state index in [1.54, 1.807) is 0 Å². The molecular formula is C23H34N2O4S. The van der Waals surface area contributed by atoms with E-state index in [0.29, 0.717) is 19.1 Å². The number of benzene rings is 1. The Balaban J connectivity index is 1.35. The lowest BCUT2D eigenvalue weighted by Gasteiger charge is -2.42. The van der Waals surface area contributed by atoms with Crippen molar-refractivity contribution in [3.8, 4) is 5.75 Å². The molecule has 2 saturated carbocycles. The highest BCUT2D eigenvalue weighted by Crippen LogP contribution is 2.39. The molecule has 1 aromatic carbocycles. The number of para-hydroxylation sites is 1. The van der Waals surface area contributed by atoms with Crippen LogP contribution in [0.5, 0.6) is 5.75 Å². The van der Waals surface area contributed by atoms with Gasteiger partial charge in [0.15, 0.2) is 0 Å². The highest BCUT2D eigenvalue weighted by Gasteiger charge is 2.41. The van der Waals surface area contributed by atoms with Gasteiger partial charge in [0.2, 0.25) is 10.0 Å². The molecule has 3 heterocycles. The third-order valence-electron chi connectivity index (χ3n) is 7.34. The molecule has 30 heavy (non-hydrogen) atoms. The van der Waals surface area contributed by atoms with Crippen molar-refractivity contribution in [2.24, 2.45) is 0 Å². The molecule has 5 aliphatic rings. The molecule has 2 atom stereocenters. The first-order valence-electron chi connectivity index (χ1n) is 11.7. The Labute approximate surface area is 180 Å². The number of nitrogens with one attached hydrogen (secondary N) is 1. The van der Waals surface area contributed by atoms with Gasteiger partial charge in [0.1, 0.15) is 12.4 Å². The summed E-state index contributed by atoms with van der Waals surface area (Å²) in [4.78, 5) is 2.39. The summed E-state index contributed by atoms with van der Waals surface area (Å²) in [6.07, 6.45) is 8.11. The van der Waals surface area contributed by atoms with Crippen LogP contribution in [0.2, 0.25) is 0 Å². The van der Waals surface area contributed by atoms with E-state index >= 15 is 0 Å². The molecule has 0 aromatic heterocycles. The van der Waals surface area contributed by atoms with Crippen LogP contribution in [-0.4, -0.2) is 63.1 Å². The molecule has 2 aliphatic carbocycles. The summed E-state index contributed by atoms with van der Waals surface area (Å²) >= 11 is 0. The zero-order valence-corrected chi connectivity index (χ0v) is 18.5. The van der Waals surface area contributed by atoms with Gasteiger partial charge < -0.3 is 9.47 Å². The quantitative estimate of drug-likeness (QED) is 0.792. The van der Waals surface area contributed by atoms with Crippen LogP contribution in [0.3, 0.4) is 0 Å². The molecule has 7 heteroatoms. The monoisotopic (exact) mass is 434 g/mol. The second kappa shape index (κ2) is 8.77. The minimum absolute atomic E-state index is 0.0712. The molecule has 3 aliphatic heterocycles. The van der Waals surface area contributed by atoms with Crippen LogP contribution in [0.15, 0.2) is 24.3 Å². The Morgan fingerprint density at radius 1 is 0.967 bits per heavy atom. The summed E-state index contributed by atoms with van der Waals surface area (Å²) in [7, 11) is -3.21. The Bertz CT molecular complexity index is 833. The van der Waals surface area contributed by atoms with Gasteiger partial charge in [-0.2, -0.15) is 0 Å². The maximum Gasteiger partial charge on any atom is 0.214 e. The van der Waals surface area contributed by atoms with Crippen molar-refractivity contribution in [3.63, 3.8) is 0 Å². The molecule has 3 fully saturated rings. The van der Waals surface area contributed by atoms with Gasteiger partial charge in [-0.3, -0.25) is 4.90 Å². The SMILES string of the molecule is O=S(=O)(N[C@H]1CCCN2CCOc3ccccc3C3CCC(CC3)OCC12)C1CC1. The second-order valence-corrected chi connectivity index (χ2v) is 11.4. The van der Waals surface area contributed by atoms with Gasteiger partial charge in [-0.1, -0.05) is 18.2 Å². The Kier molecular flexibility index (Phi) is 6.06. The first kappa shape index (κ1) is 20.7. The summed E-state index contributed by atoms with van der Waals surface area (Å²) in [6.45, 7) is 2.97. The largest absolute Gasteiger partial charge is 0.492 e. The van der Waals surface area contributed by atoms with E-state index in [2.05, 4.69) is 33.9 Å². The third kappa shape index (κ3) is 4.54. The van der Waals surface area contributed by atoms with Crippen LogP contribution >= 0.6 is 0 Å². The molecule has 2 bridgehead atoms. The summed E-state index contributed by atoms with van der Waals surface area (Å²) in [5.74, 6) is 1.56. The normalized spacial score (nSPS) is 33.3. The van der Waals surface area contributed by atoms with Crippen molar-refractivity contribution in [2.45, 2.75) is 80.7 Å². The molecule has 1 saturated heterocycles. The molecular weight excluding hydrogens is 400 g/mol. The zero-order chi connectivity index (χ0) is 20.6.